The van der Waals surface area contributed by atoms with Gasteiger partial charge in [0.15, 0.2) is 4.34 Å². The molecular formula is C10H12N4S2. The number of hydrogen-bond donors (Lipinski definition) is 1. The summed E-state index contributed by atoms with van der Waals surface area (Å²) in [7, 11) is 1.86. The van der Waals surface area contributed by atoms with E-state index in [0.717, 1.165) is 20.9 Å². The van der Waals surface area contributed by atoms with E-state index in [9.17, 15) is 0 Å². The van der Waals surface area contributed by atoms with Gasteiger partial charge in [-0.1, -0.05) is 29.2 Å². The molecule has 2 aromatic heterocycles. The molecule has 0 saturated carbocycles. The highest BCUT2D eigenvalue weighted by Crippen LogP contribution is 2.25. The summed E-state index contributed by atoms with van der Waals surface area (Å²) in [5.41, 5.74) is 1.19. The summed E-state index contributed by atoms with van der Waals surface area (Å²) in [5, 5.41) is 12.0. The minimum atomic E-state index is 0.881. The molecule has 0 saturated heterocycles. The summed E-state index contributed by atoms with van der Waals surface area (Å²) in [6.45, 7) is 1.96. The van der Waals surface area contributed by atoms with E-state index in [0.29, 0.717) is 0 Å². The number of thioether (sulfide) groups is 1. The Kier molecular flexibility index (Phi) is 3.74. The zero-order valence-corrected chi connectivity index (χ0v) is 10.7. The molecule has 0 aliphatic carbocycles. The van der Waals surface area contributed by atoms with Crippen LogP contribution >= 0.6 is 23.1 Å². The molecule has 0 unspecified atom stereocenters. The quantitative estimate of drug-likeness (QED) is 0.848. The molecule has 4 nitrogen and oxygen atoms in total. The Morgan fingerprint density at radius 2 is 2.25 bits per heavy atom. The number of aryl methyl sites for hydroxylation is 1. The number of hydrogen-bond acceptors (Lipinski definition) is 6. The fraction of sp³-hybridized carbons (Fsp3) is 0.300. The summed E-state index contributed by atoms with van der Waals surface area (Å²) < 4.78 is 1.01. The molecule has 2 rings (SSSR count). The first kappa shape index (κ1) is 11.3. The Morgan fingerprint density at radius 3 is 2.81 bits per heavy atom. The Bertz CT molecular complexity index is 452. The highest BCUT2D eigenvalue weighted by Gasteiger charge is 2.02. The molecule has 0 fully saturated rings. The maximum atomic E-state index is 4.26. The maximum absolute atomic E-state index is 4.26. The first-order valence-corrected chi connectivity index (χ1v) is 6.64. The van der Waals surface area contributed by atoms with Gasteiger partial charge >= 0.3 is 0 Å². The second-order valence-electron chi connectivity index (χ2n) is 3.18. The summed E-state index contributed by atoms with van der Waals surface area (Å²) in [6, 6.07) is 4.04. The van der Waals surface area contributed by atoms with Gasteiger partial charge in [0.05, 0.1) is 0 Å². The average molecular weight is 252 g/mol. The van der Waals surface area contributed by atoms with Gasteiger partial charge in [-0.15, -0.1) is 10.2 Å². The molecule has 1 N–H and O–H groups in total. The summed E-state index contributed by atoms with van der Waals surface area (Å²) in [6.07, 6.45) is 1.88. The van der Waals surface area contributed by atoms with Gasteiger partial charge in [0.2, 0.25) is 0 Å². The fourth-order valence-electron chi connectivity index (χ4n) is 1.14. The Labute approximate surface area is 103 Å². The first-order valence-electron chi connectivity index (χ1n) is 4.83. The minimum absolute atomic E-state index is 0.881. The molecule has 84 valence electrons. The molecule has 0 bridgehead atoms. The molecule has 16 heavy (non-hydrogen) atoms. The molecule has 2 aromatic rings. The number of nitrogens with one attached hydrogen (secondary N) is 1. The third-order valence-corrected chi connectivity index (χ3v) is 3.99. The lowest BCUT2D eigenvalue weighted by Crippen LogP contribution is -1.92. The van der Waals surface area contributed by atoms with Crippen LogP contribution in [0.5, 0.6) is 0 Å². The van der Waals surface area contributed by atoms with Crippen molar-refractivity contribution in [3.05, 3.63) is 28.9 Å². The SMILES string of the molecule is CNc1ccc(CSc2nnc(C)s2)cn1. The van der Waals surface area contributed by atoms with E-state index in [1.165, 1.54) is 5.56 Å². The third kappa shape index (κ3) is 2.93. The van der Waals surface area contributed by atoms with Gasteiger partial charge in [-0.2, -0.15) is 0 Å². The van der Waals surface area contributed by atoms with Crippen LogP contribution in [0.4, 0.5) is 5.82 Å². The van der Waals surface area contributed by atoms with Crippen LogP contribution < -0.4 is 5.32 Å². The van der Waals surface area contributed by atoms with Crippen LogP contribution in [0.2, 0.25) is 0 Å². The fourth-order valence-corrected chi connectivity index (χ4v) is 2.89. The van der Waals surface area contributed by atoms with Gasteiger partial charge in [-0.05, 0) is 18.6 Å². The largest absolute Gasteiger partial charge is 0.373 e. The number of rotatable bonds is 4. The van der Waals surface area contributed by atoms with Crippen LogP contribution in [0.3, 0.4) is 0 Å². The second-order valence-corrected chi connectivity index (χ2v) is 5.58. The predicted molar refractivity (Wildman–Crippen MR) is 68.0 cm³/mol. The van der Waals surface area contributed by atoms with Gasteiger partial charge in [0.25, 0.3) is 0 Å². The molecular weight excluding hydrogens is 240 g/mol. The van der Waals surface area contributed by atoms with E-state index < -0.39 is 0 Å². The molecule has 0 aliphatic heterocycles. The average Bonchev–Trinajstić information content (AvgIpc) is 2.73. The van der Waals surface area contributed by atoms with Crippen molar-refractivity contribution in [2.45, 2.75) is 17.0 Å². The van der Waals surface area contributed by atoms with Crippen molar-refractivity contribution in [2.24, 2.45) is 0 Å². The van der Waals surface area contributed by atoms with E-state index in [4.69, 9.17) is 0 Å². The van der Waals surface area contributed by atoms with Crippen LogP contribution in [-0.4, -0.2) is 22.2 Å². The molecule has 0 radical (unpaired) electrons. The van der Waals surface area contributed by atoms with Crippen LogP contribution in [0.1, 0.15) is 10.6 Å². The number of aromatic nitrogens is 3. The smallest absolute Gasteiger partial charge is 0.174 e. The molecule has 0 aromatic carbocycles. The molecule has 0 spiro atoms. The standard InChI is InChI=1S/C10H12N4S2/c1-7-13-14-10(16-7)15-6-8-3-4-9(11-2)12-5-8/h3-5H,6H2,1-2H3,(H,11,12). The monoisotopic (exact) mass is 252 g/mol. The lowest BCUT2D eigenvalue weighted by Gasteiger charge is -2.00. The highest BCUT2D eigenvalue weighted by molar-refractivity contribution is 8.00. The Morgan fingerprint density at radius 1 is 1.38 bits per heavy atom. The summed E-state index contributed by atoms with van der Waals surface area (Å²) in [5.74, 6) is 1.77. The first-order chi connectivity index (χ1) is 7.78. The van der Waals surface area contributed by atoms with Crippen molar-refractivity contribution in [3.63, 3.8) is 0 Å². The lowest BCUT2D eigenvalue weighted by atomic mass is 10.3. The lowest BCUT2D eigenvalue weighted by molar-refractivity contribution is 0.983. The van der Waals surface area contributed by atoms with Crippen molar-refractivity contribution in [3.8, 4) is 0 Å². The van der Waals surface area contributed by atoms with E-state index in [2.05, 4.69) is 26.6 Å². The third-order valence-electron chi connectivity index (χ3n) is 1.95. The van der Waals surface area contributed by atoms with E-state index in [1.54, 1.807) is 23.1 Å². The summed E-state index contributed by atoms with van der Waals surface area (Å²) in [4.78, 5) is 4.26. The number of anilines is 1. The molecule has 6 heteroatoms. The summed E-state index contributed by atoms with van der Waals surface area (Å²) >= 11 is 3.31. The Balaban J connectivity index is 1.94. The molecule has 0 amide bonds. The zero-order chi connectivity index (χ0) is 11.4. The van der Waals surface area contributed by atoms with Crippen molar-refractivity contribution in [1.82, 2.24) is 15.2 Å². The van der Waals surface area contributed by atoms with Gasteiger partial charge in [0.1, 0.15) is 10.8 Å². The van der Waals surface area contributed by atoms with Crippen LogP contribution in [-0.2, 0) is 5.75 Å². The zero-order valence-electron chi connectivity index (χ0n) is 9.10. The molecule has 0 aliphatic rings. The van der Waals surface area contributed by atoms with Crippen molar-refractivity contribution in [1.29, 1.82) is 0 Å². The van der Waals surface area contributed by atoms with E-state index in [1.807, 2.05) is 26.2 Å². The van der Waals surface area contributed by atoms with Gasteiger partial charge in [-0.3, -0.25) is 0 Å². The van der Waals surface area contributed by atoms with Gasteiger partial charge in [-0.25, -0.2) is 4.98 Å². The Hall–Kier alpha value is -1.14. The number of pyridine rings is 1. The normalized spacial score (nSPS) is 10.4. The van der Waals surface area contributed by atoms with Crippen LogP contribution in [0, 0.1) is 6.92 Å². The molecule has 0 atom stereocenters. The van der Waals surface area contributed by atoms with E-state index in [-0.39, 0.29) is 0 Å². The van der Waals surface area contributed by atoms with Gasteiger partial charge < -0.3 is 5.32 Å². The topological polar surface area (TPSA) is 50.7 Å². The predicted octanol–water partition coefficient (Wildman–Crippen LogP) is 2.58. The van der Waals surface area contributed by atoms with Crippen molar-refractivity contribution in [2.75, 3.05) is 12.4 Å². The minimum Gasteiger partial charge on any atom is -0.373 e. The van der Waals surface area contributed by atoms with Crippen LogP contribution in [0.25, 0.3) is 0 Å². The second kappa shape index (κ2) is 5.27. The van der Waals surface area contributed by atoms with Crippen molar-refractivity contribution < 1.29 is 0 Å². The van der Waals surface area contributed by atoms with Gasteiger partial charge in [0, 0.05) is 19.0 Å². The highest BCUT2D eigenvalue weighted by atomic mass is 32.2. The molecule has 2 heterocycles. The van der Waals surface area contributed by atoms with E-state index >= 15 is 0 Å². The maximum Gasteiger partial charge on any atom is 0.174 e. The number of nitrogens with zero attached hydrogens (tertiary/aromatic N) is 3. The van der Waals surface area contributed by atoms with Crippen molar-refractivity contribution >= 4 is 28.9 Å². The van der Waals surface area contributed by atoms with Crippen LogP contribution in [0.15, 0.2) is 22.7 Å².